The molecule has 0 bridgehead atoms. The molecule has 5 heteroatoms. The molecular formula is C7H16N4S. The first-order valence-corrected chi connectivity index (χ1v) is 4.79. The Morgan fingerprint density at radius 3 is 2.50 bits per heavy atom. The lowest BCUT2D eigenvalue weighted by atomic mass is 10.3. The third kappa shape index (κ3) is 5.15. The minimum Gasteiger partial charge on any atom is -0.386 e. The van der Waals surface area contributed by atoms with Crippen LogP contribution in [0.3, 0.4) is 0 Å². The minimum atomic E-state index is -0.547. The summed E-state index contributed by atoms with van der Waals surface area (Å²) in [4.78, 5) is 0. The predicted octanol–water partition coefficient (Wildman–Crippen LogP) is 1.11. The van der Waals surface area contributed by atoms with Crippen LogP contribution in [0, 0.1) is 10.8 Å². The van der Waals surface area contributed by atoms with Gasteiger partial charge in [0.25, 0.3) is 0 Å². The molecule has 0 aromatic heterocycles. The molecule has 0 rings (SSSR count). The van der Waals surface area contributed by atoms with Crippen LogP contribution in [0.25, 0.3) is 0 Å². The molecule has 0 saturated carbocycles. The van der Waals surface area contributed by atoms with Crippen molar-refractivity contribution in [2.45, 2.75) is 31.6 Å². The second-order valence-electron chi connectivity index (χ2n) is 2.52. The first kappa shape index (κ1) is 11.4. The summed E-state index contributed by atoms with van der Waals surface area (Å²) < 4.78 is 0. The van der Waals surface area contributed by atoms with Gasteiger partial charge in [0.2, 0.25) is 0 Å². The molecule has 6 N–H and O–H groups in total. The Labute approximate surface area is 77.1 Å². The summed E-state index contributed by atoms with van der Waals surface area (Å²) in [6.45, 7) is 2.07. The first-order chi connectivity index (χ1) is 5.57. The number of unbranched alkanes of at least 4 members (excludes halogenated alkanes) is 1. The van der Waals surface area contributed by atoms with E-state index in [2.05, 4.69) is 6.92 Å². The van der Waals surface area contributed by atoms with Crippen molar-refractivity contribution in [3.63, 3.8) is 0 Å². The van der Waals surface area contributed by atoms with Crippen LogP contribution in [0.15, 0.2) is 0 Å². The van der Waals surface area contributed by atoms with Gasteiger partial charge in [-0.3, -0.25) is 10.8 Å². The molecule has 1 unspecified atom stereocenters. The fourth-order valence-electron chi connectivity index (χ4n) is 0.613. The molecule has 0 spiro atoms. The van der Waals surface area contributed by atoms with Gasteiger partial charge < -0.3 is 11.5 Å². The largest absolute Gasteiger partial charge is 0.386 e. The van der Waals surface area contributed by atoms with E-state index in [9.17, 15) is 0 Å². The lowest BCUT2D eigenvalue weighted by Gasteiger charge is -2.09. The Bertz CT molecular complexity index is 169. The summed E-state index contributed by atoms with van der Waals surface area (Å²) in [5.74, 6) is -0.0683. The molecule has 0 aromatic rings. The van der Waals surface area contributed by atoms with Crippen molar-refractivity contribution in [3.8, 4) is 0 Å². The maximum Gasteiger partial charge on any atom is 0.119 e. The van der Waals surface area contributed by atoms with Gasteiger partial charge in [-0.05, 0) is 12.8 Å². The van der Waals surface area contributed by atoms with Gasteiger partial charge in [-0.25, -0.2) is 0 Å². The molecule has 0 radical (unpaired) electrons. The van der Waals surface area contributed by atoms with Crippen molar-refractivity contribution >= 4 is 22.6 Å². The highest BCUT2D eigenvalue weighted by Gasteiger charge is 2.08. The number of amidine groups is 1. The quantitative estimate of drug-likeness (QED) is 0.295. The number of thioether (sulfide) groups is 1. The fraction of sp³-hybridized carbons (Fsp3) is 0.714. The van der Waals surface area contributed by atoms with Crippen molar-refractivity contribution in [1.82, 2.24) is 0 Å². The van der Waals surface area contributed by atoms with Crippen molar-refractivity contribution in [3.05, 3.63) is 0 Å². The molecule has 4 nitrogen and oxygen atoms in total. The van der Waals surface area contributed by atoms with E-state index in [4.69, 9.17) is 22.3 Å². The molecule has 0 aromatic carbocycles. The molecule has 0 fully saturated rings. The van der Waals surface area contributed by atoms with E-state index < -0.39 is 5.37 Å². The van der Waals surface area contributed by atoms with E-state index >= 15 is 0 Å². The van der Waals surface area contributed by atoms with Gasteiger partial charge in [0.1, 0.15) is 11.2 Å². The summed E-state index contributed by atoms with van der Waals surface area (Å²) in [6, 6.07) is 0. The summed E-state index contributed by atoms with van der Waals surface area (Å²) in [5, 5.41) is 14.4. The maximum atomic E-state index is 7.45. The van der Waals surface area contributed by atoms with Crippen LogP contribution in [0.1, 0.15) is 26.2 Å². The van der Waals surface area contributed by atoms with Crippen molar-refractivity contribution < 1.29 is 0 Å². The Hall–Kier alpha value is -0.550. The summed E-state index contributed by atoms with van der Waals surface area (Å²) in [7, 11) is 0. The lowest BCUT2D eigenvalue weighted by Crippen LogP contribution is -2.33. The molecule has 1 atom stereocenters. The summed E-state index contributed by atoms with van der Waals surface area (Å²) >= 11 is 1.16. The van der Waals surface area contributed by atoms with Crippen LogP contribution < -0.4 is 11.5 Å². The number of nitrogens with two attached hydrogens (primary N) is 2. The van der Waals surface area contributed by atoms with Crippen LogP contribution >= 0.6 is 11.8 Å². The first-order valence-electron chi connectivity index (χ1n) is 3.91. The molecule has 0 saturated heterocycles. The lowest BCUT2D eigenvalue weighted by molar-refractivity contribution is 0.838. The Kier molecular flexibility index (Phi) is 5.74. The van der Waals surface area contributed by atoms with Crippen LogP contribution in [0.5, 0.6) is 0 Å². The number of hydrogen-bond donors (Lipinski definition) is 4. The average Bonchev–Trinajstić information content (AvgIpc) is 2.00. The highest BCUT2D eigenvalue weighted by Crippen LogP contribution is 2.12. The average molecular weight is 188 g/mol. The zero-order chi connectivity index (χ0) is 9.56. The number of hydrogen-bond acceptors (Lipinski definition) is 4. The molecule has 70 valence electrons. The second kappa shape index (κ2) is 6.02. The highest BCUT2D eigenvalue weighted by molar-refractivity contribution is 8.14. The normalized spacial score (nSPS) is 12.5. The zero-order valence-electron chi connectivity index (χ0n) is 7.26. The molecule has 0 heterocycles. The molecule has 12 heavy (non-hydrogen) atoms. The fourth-order valence-corrected chi connectivity index (χ4v) is 1.31. The summed E-state index contributed by atoms with van der Waals surface area (Å²) in [5.41, 5.74) is 10.6. The predicted molar refractivity (Wildman–Crippen MR) is 54.7 cm³/mol. The van der Waals surface area contributed by atoms with Crippen molar-refractivity contribution in [2.24, 2.45) is 11.5 Å². The van der Waals surface area contributed by atoms with Gasteiger partial charge in [0.05, 0.1) is 5.04 Å². The molecule has 0 aliphatic rings. The third-order valence-corrected chi connectivity index (χ3v) is 2.33. The van der Waals surface area contributed by atoms with E-state index in [1.807, 2.05) is 0 Å². The van der Waals surface area contributed by atoms with Crippen molar-refractivity contribution in [1.29, 1.82) is 10.8 Å². The minimum absolute atomic E-state index is 0.0683. The highest BCUT2D eigenvalue weighted by atomic mass is 32.2. The number of rotatable bonds is 5. The molecular weight excluding hydrogens is 172 g/mol. The standard InChI is InChI=1S/C7H16N4S/c1-2-3-4-5(8)12-7(11)6(9)10/h7-8H,2-4,11H2,1H3,(H3,9,10). The van der Waals surface area contributed by atoms with E-state index in [1.165, 1.54) is 0 Å². The Morgan fingerprint density at radius 2 is 2.08 bits per heavy atom. The van der Waals surface area contributed by atoms with Gasteiger partial charge >= 0.3 is 0 Å². The van der Waals surface area contributed by atoms with Gasteiger partial charge in [0.15, 0.2) is 0 Å². The number of nitrogens with one attached hydrogen (secondary N) is 2. The van der Waals surface area contributed by atoms with E-state index in [0.29, 0.717) is 5.04 Å². The monoisotopic (exact) mass is 188 g/mol. The molecule has 0 aliphatic carbocycles. The van der Waals surface area contributed by atoms with Gasteiger partial charge in [-0.1, -0.05) is 25.1 Å². The van der Waals surface area contributed by atoms with Crippen LogP contribution in [0.2, 0.25) is 0 Å². The second-order valence-corrected chi connectivity index (χ2v) is 3.76. The van der Waals surface area contributed by atoms with Crippen LogP contribution in [-0.4, -0.2) is 16.3 Å². The van der Waals surface area contributed by atoms with Crippen LogP contribution in [-0.2, 0) is 0 Å². The molecule has 0 amide bonds. The Balaban J connectivity index is 3.61. The SMILES string of the molecule is CCCCC(=N)SC(N)C(=N)N. The molecule has 0 aliphatic heterocycles. The van der Waals surface area contributed by atoms with E-state index in [0.717, 1.165) is 31.0 Å². The zero-order valence-corrected chi connectivity index (χ0v) is 8.08. The smallest absolute Gasteiger partial charge is 0.119 e. The van der Waals surface area contributed by atoms with Gasteiger partial charge in [0, 0.05) is 0 Å². The van der Waals surface area contributed by atoms with Crippen molar-refractivity contribution in [2.75, 3.05) is 0 Å². The summed E-state index contributed by atoms with van der Waals surface area (Å²) in [6.07, 6.45) is 2.80. The van der Waals surface area contributed by atoms with E-state index in [-0.39, 0.29) is 5.84 Å². The Morgan fingerprint density at radius 1 is 1.50 bits per heavy atom. The maximum absolute atomic E-state index is 7.45. The van der Waals surface area contributed by atoms with Gasteiger partial charge in [-0.2, -0.15) is 0 Å². The van der Waals surface area contributed by atoms with E-state index in [1.54, 1.807) is 0 Å². The topological polar surface area (TPSA) is 99.7 Å². The van der Waals surface area contributed by atoms with Crippen LogP contribution in [0.4, 0.5) is 0 Å². The third-order valence-electron chi connectivity index (χ3n) is 1.33. The van der Waals surface area contributed by atoms with Gasteiger partial charge in [-0.15, -0.1) is 0 Å².